The van der Waals surface area contributed by atoms with Gasteiger partial charge in [-0.2, -0.15) is 0 Å². The van der Waals surface area contributed by atoms with E-state index in [4.69, 9.17) is 9.15 Å². The molecule has 160 valence electrons. The number of amides is 1. The van der Waals surface area contributed by atoms with Gasteiger partial charge in [0.25, 0.3) is 5.91 Å². The molecule has 0 aliphatic heterocycles. The molecule has 3 heterocycles. The molecule has 0 atom stereocenters. The lowest BCUT2D eigenvalue weighted by Gasteiger charge is -2.12. The summed E-state index contributed by atoms with van der Waals surface area (Å²) in [6.45, 7) is 9.66. The normalized spacial score (nSPS) is 11.3. The quantitative estimate of drug-likeness (QED) is 0.533. The van der Waals surface area contributed by atoms with Gasteiger partial charge in [0.05, 0.1) is 36.5 Å². The van der Waals surface area contributed by atoms with Crippen molar-refractivity contribution in [3.8, 4) is 0 Å². The first-order chi connectivity index (χ1) is 14.3. The lowest BCUT2D eigenvalue weighted by Crippen LogP contribution is -2.18. The second kappa shape index (κ2) is 9.02. The zero-order valence-corrected chi connectivity index (χ0v) is 18.0. The summed E-state index contributed by atoms with van der Waals surface area (Å²) in [6.07, 6.45) is 4.52. The van der Waals surface area contributed by atoms with Crippen LogP contribution in [-0.2, 0) is 11.3 Å². The van der Waals surface area contributed by atoms with Crippen LogP contribution in [0.1, 0.15) is 48.5 Å². The van der Waals surface area contributed by atoms with E-state index in [0.717, 1.165) is 12.2 Å². The van der Waals surface area contributed by atoms with Crippen molar-refractivity contribution < 1.29 is 18.7 Å². The molecule has 8 nitrogen and oxygen atoms in total. The average Bonchev–Trinajstić information content (AvgIpc) is 3.33. The van der Waals surface area contributed by atoms with E-state index in [9.17, 15) is 9.59 Å². The molecule has 2 N–H and O–H groups in total. The Labute approximate surface area is 175 Å². The number of hydrogen-bond donors (Lipinski definition) is 2. The van der Waals surface area contributed by atoms with Gasteiger partial charge in [-0.25, -0.2) is 9.78 Å². The lowest BCUT2D eigenvalue weighted by atomic mass is 10.2. The van der Waals surface area contributed by atoms with Crippen LogP contribution >= 0.6 is 0 Å². The largest absolute Gasteiger partial charge is 0.472 e. The number of methoxy groups -OCH3 is 1. The third kappa shape index (κ3) is 4.48. The molecule has 0 fully saturated rings. The number of ether oxygens (including phenoxy) is 1. The molecule has 0 unspecified atom stereocenters. The number of fused-ring (bicyclic) bond motifs is 1. The zero-order valence-electron chi connectivity index (χ0n) is 18.0. The molecule has 3 aromatic heterocycles. The maximum absolute atomic E-state index is 12.7. The molecular weight excluding hydrogens is 384 g/mol. The third-order valence-electron chi connectivity index (χ3n) is 4.56. The van der Waals surface area contributed by atoms with E-state index < -0.39 is 5.97 Å². The van der Waals surface area contributed by atoms with Gasteiger partial charge in [0.1, 0.15) is 11.9 Å². The highest BCUT2D eigenvalue weighted by atomic mass is 16.5. The second-order valence-electron chi connectivity index (χ2n) is 8.06. The first-order valence-electron chi connectivity index (χ1n) is 9.99. The monoisotopic (exact) mass is 412 g/mol. The Kier molecular flexibility index (Phi) is 6.44. The minimum atomic E-state index is -0.534. The Morgan fingerprint density at radius 3 is 2.60 bits per heavy atom. The predicted molar refractivity (Wildman–Crippen MR) is 116 cm³/mol. The van der Waals surface area contributed by atoms with E-state index in [1.54, 1.807) is 12.3 Å². The van der Waals surface area contributed by atoms with E-state index >= 15 is 0 Å². The van der Waals surface area contributed by atoms with Crippen molar-refractivity contribution in [2.24, 2.45) is 11.8 Å². The van der Waals surface area contributed by atoms with Crippen LogP contribution < -0.4 is 10.6 Å². The topological polar surface area (TPSA) is 98.4 Å². The van der Waals surface area contributed by atoms with Crippen LogP contribution in [0.25, 0.3) is 11.0 Å². The van der Waals surface area contributed by atoms with Gasteiger partial charge < -0.3 is 24.4 Å². The smallest absolute Gasteiger partial charge is 0.356 e. The standard InChI is InChI=1S/C22H28N4O4/c1-13(2)9-23-16-8-17-18(25-21(27)15-6-7-30-12-15)19(22(28)29-5)26(11-14(3)4)20(17)24-10-16/h6-8,10,12-14,23H,9,11H2,1-5H3,(H,25,27). The fourth-order valence-corrected chi connectivity index (χ4v) is 3.20. The number of nitrogens with one attached hydrogen (secondary N) is 2. The number of aromatic nitrogens is 2. The van der Waals surface area contributed by atoms with E-state index in [1.807, 2.05) is 10.6 Å². The van der Waals surface area contributed by atoms with E-state index in [1.165, 1.54) is 19.6 Å². The van der Waals surface area contributed by atoms with Gasteiger partial charge in [-0.3, -0.25) is 4.79 Å². The van der Waals surface area contributed by atoms with E-state index in [2.05, 4.69) is 43.3 Å². The summed E-state index contributed by atoms with van der Waals surface area (Å²) >= 11 is 0. The Balaban J connectivity index is 2.17. The minimum absolute atomic E-state index is 0.252. The van der Waals surface area contributed by atoms with Crippen LogP contribution in [0, 0.1) is 11.8 Å². The third-order valence-corrected chi connectivity index (χ3v) is 4.56. The highest BCUT2D eigenvalue weighted by molar-refractivity contribution is 6.14. The van der Waals surface area contributed by atoms with Gasteiger partial charge in [0.2, 0.25) is 0 Å². The first-order valence-corrected chi connectivity index (χ1v) is 9.99. The number of hydrogen-bond acceptors (Lipinski definition) is 6. The molecule has 3 rings (SSSR count). The first kappa shape index (κ1) is 21.4. The van der Waals surface area contributed by atoms with Gasteiger partial charge in [-0.1, -0.05) is 27.7 Å². The van der Waals surface area contributed by atoms with Crippen molar-refractivity contribution in [2.45, 2.75) is 34.2 Å². The van der Waals surface area contributed by atoms with Gasteiger partial charge >= 0.3 is 5.97 Å². The fraction of sp³-hybridized carbons (Fsp3) is 0.409. The summed E-state index contributed by atoms with van der Waals surface area (Å²) in [7, 11) is 1.32. The Morgan fingerprint density at radius 1 is 1.23 bits per heavy atom. The average molecular weight is 412 g/mol. The number of nitrogens with zero attached hydrogens (tertiary/aromatic N) is 2. The van der Waals surface area contributed by atoms with Crippen molar-refractivity contribution in [1.29, 1.82) is 0 Å². The van der Waals surface area contributed by atoms with Crippen LogP contribution in [0.4, 0.5) is 11.4 Å². The maximum Gasteiger partial charge on any atom is 0.356 e. The second-order valence-corrected chi connectivity index (χ2v) is 8.06. The molecule has 0 aliphatic rings. The molecule has 0 aliphatic carbocycles. The summed E-state index contributed by atoms with van der Waals surface area (Å²) in [6, 6.07) is 3.47. The molecule has 1 amide bonds. The molecular formula is C22H28N4O4. The Hall–Kier alpha value is -3.29. The number of furan rings is 1. The van der Waals surface area contributed by atoms with Crippen LogP contribution in [0.15, 0.2) is 35.3 Å². The molecule has 0 radical (unpaired) electrons. The highest BCUT2D eigenvalue weighted by Crippen LogP contribution is 2.33. The van der Waals surface area contributed by atoms with Crippen LogP contribution in [0.5, 0.6) is 0 Å². The number of anilines is 2. The molecule has 8 heteroatoms. The fourth-order valence-electron chi connectivity index (χ4n) is 3.20. The van der Waals surface area contributed by atoms with Crippen LogP contribution in [0.2, 0.25) is 0 Å². The zero-order chi connectivity index (χ0) is 21.8. The molecule has 0 saturated carbocycles. The lowest BCUT2D eigenvalue weighted by molar-refractivity contribution is 0.0589. The molecule has 0 saturated heterocycles. The summed E-state index contributed by atoms with van der Waals surface area (Å²) in [5.74, 6) is -0.204. The Morgan fingerprint density at radius 2 is 2.00 bits per heavy atom. The van der Waals surface area contributed by atoms with Crippen molar-refractivity contribution in [2.75, 3.05) is 24.3 Å². The van der Waals surface area contributed by atoms with Gasteiger partial charge in [0, 0.05) is 18.5 Å². The number of carbonyl (C=O) groups excluding carboxylic acids is 2. The number of esters is 1. The molecule has 0 bridgehead atoms. The number of carbonyl (C=O) groups is 2. The Bertz CT molecular complexity index is 1040. The molecule has 0 spiro atoms. The molecule has 3 aromatic rings. The SMILES string of the molecule is COC(=O)c1c(NC(=O)c2ccoc2)c2cc(NCC(C)C)cnc2n1CC(C)C. The summed E-state index contributed by atoms with van der Waals surface area (Å²) in [5.41, 5.74) is 2.43. The number of rotatable bonds is 8. The predicted octanol–water partition coefficient (Wildman–Crippen LogP) is 4.39. The van der Waals surface area contributed by atoms with Crippen molar-refractivity contribution in [3.63, 3.8) is 0 Å². The maximum atomic E-state index is 12.7. The highest BCUT2D eigenvalue weighted by Gasteiger charge is 2.27. The minimum Gasteiger partial charge on any atom is -0.472 e. The van der Waals surface area contributed by atoms with Crippen molar-refractivity contribution >= 4 is 34.3 Å². The van der Waals surface area contributed by atoms with Crippen molar-refractivity contribution in [3.05, 3.63) is 42.1 Å². The number of pyridine rings is 1. The van der Waals surface area contributed by atoms with Gasteiger partial charge in [-0.15, -0.1) is 0 Å². The van der Waals surface area contributed by atoms with Gasteiger partial charge in [-0.05, 0) is 24.0 Å². The van der Waals surface area contributed by atoms with E-state index in [0.29, 0.717) is 34.7 Å². The van der Waals surface area contributed by atoms with Crippen LogP contribution in [0.3, 0.4) is 0 Å². The van der Waals surface area contributed by atoms with Crippen molar-refractivity contribution in [1.82, 2.24) is 9.55 Å². The summed E-state index contributed by atoms with van der Waals surface area (Å²) < 4.78 is 11.9. The van der Waals surface area contributed by atoms with Crippen LogP contribution in [-0.4, -0.2) is 35.1 Å². The summed E-state index contributed by atoms with van der Waals surface area (Å²) in [4.78, 5) is 30.1. The van der Waals surface area contributed by atoms with E-state index in [-0.39, 0.29) is 17.5 Å². The molecule has 30 heavy (non-hydrogen) atoms. The van der Waals surface area contributed by atoms with Gasteiger partial charge in [0.15, 0.2) is 5.69 Å². The molecule has 0 aromatic carbocycles. The summed E-state index contributed by atoms with van der Waals surface area (Å²) in [5, 5.41) is 6.88.